The largest absolute Gasteiger partial charge is 0.307 e. The van der Waals surface area contributed by atoms with E-state index in [4.69, 9.17) is 11.6 Å². The first-order valence-electron chi connectivity index (χ1n) is 3.99. The lowest BCUT2D eigenvalue weighted by Crippen LogP contribution is -1.92. The average molecular weight is 290 g/mol. The van der Waals surface area contributed by atoms with Gasteiger partial charge in [-0.15, -0.1) is 0 Å². The molecule has 6 heteroatoms. The smallest absolute Gasteiger partial charge is 0.258 e. The SMILES string of the molecule is O=[N+]([O-])c1cncc(C#CCCBr)c1Cl. The molecular weight excluding hydrogens is 283 g/mol. The molecule has 0 aliphatic heterocycles. The van der Waals surface area contributed by atoms with Gasteiger partial charge >= 0.3 is 5.69 Å². The molecule has 1 rings (SSSR count). The maximum atomic E-state index is 10.5. The highest BCUT2D eigenvalue weighted by atomic mass is 79.9. The molecule has 0 unspecified atom stereocenters. The van der Waals surface area contributed by atoms with Crippen molar-refractivity contribution in [3.8, 4) is 11.8 Å². The molecule has 0 fully saturated rings. The third-order valence-corrected chi connectivity index (χ3v) is 2.29. The van der Waals surface area contributed by atoms with Crippen LogP contribution in [-0.4, -0.2) is 15.2 Å². The number of halogens is 2. The Balaban J connectivity index is 3.06. The van der Waals surface area contributed by atoms with Gasteiger partial charge < -0.3 is 0 Å². The summed E-state index contributed by atoms with van der Waals surface area (Å²) in [7, 11) is 0. The van der Waals surface area contributed by atoms with Crippen LogP contribution in [-0.2, 0) is 0 Å². The Kier molecular flexibility index (Phi) is 4.53. The van der Waals surface area contributed by atoms with E-state index < -0.39 is 4.92 Å². The van der Waals surface area contributed by atoms with Crippen LogP contribution in [0.2, 0.25) is 5.02 Å². The number of nitrogens with zero attached hydrogens (tertiary/aromatic N) is 2. The summed E-state index contributed by atoms with van der Waals surface area (Å²) in [5.74, 6) is 5.54. The van der Waals surface area contributed by atoms with Crippen LogP contribution in [0.5, 0.6) is 0 Å². The Bertz CT molecular complexity index is 439. The molecule has 1 aromatic heterocycles. The van der Waals surface area contributed by atoms with E-state index in [0.717, 1.165) is 11.5 Å². The van der Waals surface area contributed by atoms with E-state index in [9.17, 15) is 10.1 Å². The van der Waals surface area contributed by atoms with Gasteiger partial charge in [0.25, 0.3) is 0 Å². The molecule has 4 nitrogen and oxygen atoms in total. The van der Waals surface area contributed by atoms with E-state index in [0.29, 0.717) is 12.0 Å². The average Bonchev–Trinajstić information content (AvgIpc) is 2.20. The van der Waals surface area contributed by atoms with Crippen molar-refractivity contribution in [2.75, 3.05) is 5.33 Å². The maximum Gasteiger partial charge on any atom is 0.307 e. The molecule has 0 aliphatic carbocycles. The van der Waals surface area contributed by atoms with Crippen molar-refractivity contribution in [3.63, 3.8) is 0 Å². The van der Waals surface area contributed by atoms with Gasteiger partial charge in [0.05, 0.1) is 10.5 Å². The van der Waals surface area contributed by atoms with Crippen LogP contribution in [0.4, 0.5) is 5.69 Å². The lowest BCUT2D eigenvalue weighted by molar-refractivity contribution is -0.385. The van der Waals surface area contributed by atoms with Crippen molar-refractivity contribution in [1.82, 2.24) is 4.98 Å². The minimum absolute atomic E-state index is 0.0390. The van der Waals surface area contributed by atoms with E-state index in [-0.39, 0.29) is 10.7 Å². The summed E-state index contributed by atoms with van der Waals surface area (Å²) in [6, 6.07) is 0. The summed E-state index contributed by atoms with van der Waals surface area (Å²) in [4.78, 5) is 13.7. The Labute approximate surface area is 99.9 Å². The highest BCUT2D eigenvalue weighted by Crippen LogP contribution is 2.25. The molecular formula is C9H6BrClN2O2. The molecule has 15 heavy (non-hydrogen) atoms. The summed E-state index contributed by atoms with van der Waals surface area (Å²) in [5, 5.41) is 11.3. The summed E-state index contributed by atoms with van der Waals surface area (Å²) >= 11 is 9.01. The van der Waals surface area contributed by atoms with Crippen LogP contribution in [0.15, 0.2) is 12.4 Å². The molecule has 0 aliphatic rings. The fraction of sp³-hybridized carbons (Fsp3) is 0.222. The highest BCUT2D eigenvalue weighted by Gasteiger charge is 2.14. The van der Waals surface area contributed by atoms with Crippen LogP contribution in [0.25, 0.3) is 0 Å². The molecule has 0 amide bonds. The second-order valence-corrected chi connectivity index (χ2v) is 3.69. The summed E-state index contributed by atoms with van der Waals surface area (Å²) < 4.78 is 0. The van der Waals surface area contributed by atoms with Gasteiger partial charge in [-0.3, -0.25) is 15.1 Å². The third-order valence-electron chi connectivity index (χ3n) is 1.50. The Morgan fingerprint density at radius 1 is 1.60 bits per heavy atom. The van der Waals surface area contributed by atoms with Crippen LogP contribution in [0, 0.1) is 22.0 Å². The van der Waals surface area contributed by atoms with E-state index in [1.54, 1.807) is 0 Å². The molecule has 0 spiro atoms. The van der Waals surface area contributed by atoms with E-state index >= 15 is 0 Å². The molecule has 0 radical (unpaired) electrons. The predicted octanol–water partition coefficient (Wildman–Crippen LogP) is 2.78. The number of aromatic nitrogens is 1. The summed E-state index contributed by atoms with van der Waals surface area (Å²) in [6.45, 7) is 0. The molecule has 0 N–H and O–H groups in total. The molecule has 1 heterocycles. The first-order chi connectivity index (χ1) is 7.16. The van der Waals surface area contributed by atoms with Crippen LogP contribution >= 0.6 is 27.5 Å². The van der Waals surface area contributed by atoms with Crippen molar-refractivity contribution < 1.29 is 4.92 Å². The monoisotopic (exact) mass is 288 g/mol. The minimum atomic E-state index is -0.578. The van der Waals surface area contributed by atoms with Gasteiger partial charge in [-0.1, -0.05) is 39.4 Å². The Hall–Kier alpha value is -1.12. The van der Waals surface area contributed by atoms with Gasteiger partial charge in [0.1, 0.15) is 11.2 Å². The zero-order valence-electron chi connectivity index (χ0n) is 7.54. The minimum Gasteiger partial charge on any atom is -0.258 e. The lowest BCUT2D eigenvalue weighted by Gasteiger charge is -1.95. The van der Waals surface area contributed by atoms with Crippen LogP contribution in [0.1, 0.15) is 12.0 Å². The fourth-order valence-corrected chi connectivity index (χ4v) is 1.27. The van der Waals surface area contributed by atoms with Gasteiger partial charge in [-0.05, 0) is 0 Å². The standard InChI is InChI=1S/C9H6BrClN2O2/c10-4-2-1-3-7-5-12-6-8(9(7)11)13(14)15/h5-6H,2,4H2. The van der Waals surface area contributed by atoms with Crippen molar-refractivity contribution >= 4 is 33.2 Å². The first kappa shape index (κ1) is 12.0. The summed E-state index contributed by atoms with van der Waals surface area (Å²) in [6.07, 6.45) is 3.17. The van der Waals surface area contributed by atoms with Gasteiger partial charge in [0.2, 0.25) is 0 Å². The Morgan fingerprint density at radius 3 is 2.93 bits per heavy atom. The molecule has 0 bridgehead atoms. The highest BCUT2D eigenvalue weighted by molar-refractivity contribution is 9.09. The van der Waals surface area contributed by atoms with Gasteiger partial charge in [0.15, 0.2) is 0 Å². The maximum absolute atomic E-state index is 10.5. The van der Waals surface area contributed by atoms with Crippen molar-refractivity contribution in [3.05, 3.63) is 33.1 Å². The zero-order chi connectivity index (χ0) is 11.3. The zero-order valence-corrected chi connectivity index (χ0v) is 9.88. The number of hydrogen-bond donors (Lipinski definition) is 0. The van der Waals surface area contributed by atoms with Crippen molar-refractivity contribution in [2.45, 2.75) is 6.42 Å². The molecule has 78 valence electrons. The molecule has 0 aromatic carbocycles. The van der Waals surface area contributed by atoms with Crippen molar-refractivity contribution in [1.29, 1.82) is 0 Å². The second kappa shape index (κ2) is 5.69. The second-order valence-electron chi connectivity index (χ2n) is 2.52. The lowest BCUT2D eigenvalue weighted by atomic mass is 10.2. The summed E-state index contributed by atoms with van der Waals surface area (Å²) in [5.41, 5.74) is 0.161. The predicted molar refractivity (Wildman–Crippen MR) is 61.2 cm³/mol. The van der Waals surface area contributed by atoms with Gasteiger partial charge in [-0.2, -0.15) is 0 Å². The normalized spacial score (nSPS) is 9.20. The van der Waals surface area contributed by atoms with Crippen LogP contribution < -0.4 is 0 Å². The number of pyridine rings is 1. The number of hydrogen-bond acceptors (Lipinski definition) is 3. The van der Waals surface area contributed by atoms with E-state index in [2.05, 4.69) is 32.8 Å². The molecule has 1 aromatic rings. The fourth-order valence-electron chi connectivity index (χ4n) is 0.853. The topological polar surface area (TPSA) is 56.0 Å². The van der Waals surface area contributed by atoms with Crippen LogP contribution in [0.3, 0.4) is 0 Å². The quantitative estimate of drug-likeness (QED) is 0.364. The number of nitro groups is 1. The number of rotatable bonds is 2. The molecule has 0 atom stereocenters. The molecule has 0 saturated heterocycles. The Morgan fingerprint density at radius 2 is 2.33 bits per heavy atom. The molecule has 0 saturated carbocycles. The van der Waals surface area contributed by atoms with Gasteiger partial charge in [-0.25, -0.2) is 0 Å². The van der Waals surface area contributed by atoms with E-state index in [1.165, 1.54) is 6.20 Å². The van der Waals surface area contributed by atoms with Crippen molar-refractivity contribution in [2.24, 2.45) is 0 Å². The first-order valence-corrected chi connectivity index (χ1v) is 5.49. The third kappa shape index (κ3) is 3.18. The van der Waals surface area contributed by atoms with Gasteiger partial charge in [0, 0.05) is 17.9 Å². The van der Waals surface area contributed by atoms with E-state index in [1.807, 2.05) is 0 Å². The number of alkyl halides is 1.